The molecule has 1 amide bonds. The van der Waals surface area contributed by atoms with Crippen LogP contribution in [0.3, 0.4) is 0 Å². The first-order chi connectivity index (χ1) is 9.98. The minimum atomic E-state index is -0.965. The van der Waals surface area contributed by atoms with Crippen molar-refractivity contribution < 1.29 is 4.79 Å². The number of carbonyl (C=O) groups is 1. The number of amides is 1. The lowest BCUT2D eigenvalue weighted by Gasteiger charge is -2.32. The fraction of sp³-hybridized carbons (Fsp3) is 0.611. The van der Waals surface area contributed by atoms with Crippen molar-refractivity contribution in [2.45, 2.75) is 51.1 Å². The number of rotatable bonds is 4. The largest absolute Gasteiger partial charge is 0.351 e. The molecule has 3 rings (SSSR count). The minimum Gasteiger partial charge on any atom is -0.351 e. The third kappa shape index (κ3) is 2.71. The summed E-state index contributed by atoms with van der Waals surface area (Å²) in [6.45, 7) is 3.94. The van der Waals surface area contributed by atoms with Crippen LogP contribution in [0.5, 0.6) is 0 Å². The molecule has 0 heterocycles. The van der Waals surface area contributed by atoms with E-state index in [-0.39, 0.29) is 11.9 Å². The van der Waals surface area contributed by atoms with Gasteiger partial charge in [0.1, 0.15) is 5.54 Å². The Morgan fingerprint density at radius 2 is 2.00 bits per heavy atom. The van der Waals surface area contributed by atoms with Crippen LogP contribution in [0.15, 0.2) is 30.3 Å². The van der Waals surface area contributed by atoms with Crippen molar-refractivity contribution in [1.29, 1.82) is 0 Å². The van der Waals surface area contributed by atoms with Crippen molar-refractivity contribution in [2.24, 2.45) is 23.5 Å². The molecule has 21 heavy (non-hydrogen) atoms. The molecule has 2 aliphatic carbocycles. The van der Waals surface area contributed by atoms with Crippen LogP contribution >= 0.6 is 0 Å². The first-order valence-corrected chi connectivity index (χ1v) is 8.14. The van der Waals surface area contributed by atoms with Gasteiger partial charge in [-0.2, -0.15) is 0 Å². The van der Waals surface area contributed by atoms with Gasteiger partial charge < -0.3 is 11.1 Å². The van der Waals surface area contributed by atoms with E-state index in [0.29, 0.717) is 5.92 Å². The van der Waals surface area contributed by atoms with Crippen LogP contribution in [-0.4, -0.2) is 11.9 Å². The lowest BCUT2D eigenvalue weighted by molar-refractivity contribution is -0.127. The van der Waals surface area contributed by atoms with E-state index >= 15 is 0 Å². The van der Waals surface area contributed by atoms with Gasteiger partial charge >= 0.3 is 0 Å². The summed E-state index contributed by atoms with van der Waals surface area (Å²) in [5.41, 5.74) is 6.19. The van der Waals surface area contributed by atoms with E-state index < -0.39 is 5.54 Å². The summed E-state index contributed by atoms with van der Waals surface area (Å²) >= 11 is 0. The van der Waals surface area contributed by atoms with Gasteiger partial charge in [-0.05, 0) is 56.4 Å². The van der Waals surface area contributed by atoms with Crippen LogP contribution in [0.1, 0.15) is 45.1 Å². The highest BCUT2D eigenvalue weighted by Gasteiger charge is 2.43. The zero-order chi connectivity index (χ0) is 15.0. The molecule has 2 aliphatic rings. The molecule has 3 nitrogen and oxygen atoms in total. The number of nitrogens with one attached hydrogen (secondary N) is 1. The molecule has 5 unspecified atom stereocenters. The summed E-state index contributed by atoms with van der Waals surface area (Å²) in [6.07, 6.45) is 5.37. The van der Waals surface area contributed by atoms with E-state index in [2.05, 4.69) is 12.2 Å². The number of carbonyl (C=O) groups excluding carboxylic acids is 1. The molecule has 0 spiro atoms. The molecule has 2 fully saturated rings. The molecule has 0 radical (unpaired) electrons. The van der Waals surface area contributed by atoms with E-state index in [4.69, 9.17) is 5.73 Å². The molecule has 2 bridgehead atoms. The third-order valence-corrected chi connectivity index (χ3v) is 5.64. The van der Waals surface area contributed by atoms with E-state index in [0.717, 1.165) is 17.4 Å². The Morgan fingerprint density at radius 3 is 2.57 bits per heavy atom. The Hall–Kier alpha value is -1.35. The van der Waals surface area contributed by atoms with Crippen molar-refractivity contribution in [3.63, 3.8) is 0 Å². The molecule has 5 atom stereocenters. The molecular weight excluding hydrogens is 260 g/mol. The number of fused-ring (bicyclic) bond motifs is 2. The molecule has 1 aromatic carbocycles. The van der Waals surface area contributed by atoms with Gasteiger partial charge in [-0.15, -0.1) is 0 Å². The fourth-order valence-electron chi connectivity index (χ4n) is 4.29. The Balaban J connectivity index is 1.66. The zero-order valence-corrected chi connectivity index (χ0v) is 13.0. The molecule has 0 saturated heterocycles. The second-order valence-electron chi connectivity index (χ2n) is 7.17. The van der Waals surface area contributed by atoms with E-state index in [1.54, 1.807) is 6.92 Å². The monoisotopic (exact) mass is 286 g/mol. The summed E-state index contributed by atoms with van der Waals surface area (Å²) in [5, 5.41) is 3.18. The summed E-state index contributed by atoms with van der Waals surface area (Å²) in [6, 6.07) is 9.85. The average Bonchev–Trinajstić information content (AvgIpc) is 3.10. The van der Waals surface area contributed by atoms with E-state index in [1.807, 2.05) is 30.3 Å². The lowest BCUT2D eigenvalue weighted by atomic mass is 9.83. The molecule has 2 saturated carbocycles. The predicted octanol–water partition coefficient (Wildman–Crippen LogP) is 2.80. The van der Waals surface area contributed by atoms with Gasteiger partial charge in [-0.25, -0.2) is 0 Å². The molecular formula is C18H26N2O. The molecule has 3 heteroatoms. The summed E-state index contributed by atoms with van der Waals surface area (Å²) < 4.78 is 0. The topological polar surface area (TPSA) is 55.1 Å². The Labute approximate surface area is 127 Å². The second-order valence-corrected chi connectivity index (χ2v) is 7.17. The van der Waals surface area contributed by atoms with Crippen LogP contribution in [-0.2, 0) is 10.3 Å². The van der Waals surface area contributed by atoms with Gasteiger partial charge in [-0.1, -0.05) is 36.8 Å². The zero-order valence-electron chi connectivity index (χ0n) is 13.0. The maximum Gasteiger partial charge on any atom is 0.244 e. The van der Waals surface area contributed by atoms with Crippen LogP contribution in [0, 0.1) is 17.8 Å². The standard InChI is InChI=1S/C18H26N2O/c1-12(16-11-13-8-9-14(16)10-13)20-17(21)18(2,19)15-6-4-3-5-7-15/h3-7,12-14,16H,8-11,19H2,1-2H3,(H,20,21). The van der Waals surface area contributed by atoms with E-state index in [1.165, 1.54) is 25.7 Å². The van der Waals surface area contributed by atoms with Crippen molar-refractivity contribution in [3.8, 4) is 0 Å². The average molecular weight is 286 g/mol. The predicted molar refractivity (Wildman–Crippen MR) is 84.5 cm³/mol. The Morgan fingerprint density at radius 1 is 1.29 bits per heavy atom. The Bertz CT molecular complexity index is 511. The van der Waals surface area contributed by atoms with Crippen LogP contribution < -0.4 is 11.1 Å². The highest BCUT2D eigenvalue weighted by molar-refractivity contribution is 5.87. The number of nitrogens with two attached hydrogens (primary N) is 1. The van der Waals surface area contributed by atoms with Crippen molar-refractivity contribution in [3.05, 3.63) is 35.9 Å². The number of benzene rings is 1. The third-order valence-electron chi connectivity index (χ3n) is 5.64. The van der Waals surface area contributed by atoms with Gasteiger partial charge in [0.2, 0.25) is 5.91 Å². The van der Waals surface area contributed by atoms with Crippen LogP contribution in [0.25, 0.3) is 0 Å². The van der Waals surface area contributed by atoms with E-state index in [9.17, 15) is 4.79 Å². The molecule has 3 N–H and O–H groups in total. The molecule has 0 aliphatic heterocycles. The van der Waals surface area contributed by atoms with Gasteiger partial charge in [0, 0.05) is 6.04 Å². The molecule has 0 aromatic heterocycles. The SMILES string of the molecule is CC(NC(=O)C(C)(N)c1ccccc1)C1CC2CCC1C2. The van der Waals surface area contributed by atoms with Gasteiger partial charge in [-0.3, -0.25) is 4.79 Å². The van der Waals surface area contributed by atoms with Crippen molar-refractivity contribution in [1.82, 2.24) is 5.32 Å². The molecule has 1 aromatic rings. The normalized spacial score (nSPS) is 31.7. The van der Waals surface area contributed by atoms with Gasteiger partial charge in [0.05, 0.1) is 0 Å². The molecule has 114 valence electrons. The smallest absolute Gasteiger partial charge is 0.244 e. The number of hydrogen-bond donors (Lipinski definition) is 2. The van der Waals surface area contributed by atoms with Gasteiger partial charge in [0.15, 0.2) is 0 Å². The lowest BCUT2D eigenvalue weighted by Crippen LogP contribution is -2.53. The summed E-state index contributed by atoms with van der Waals surface area (Å²) in [5.74, 6) is 2.28. The maximum atomic E-state index is 12.6. The van der Waals surface area contributed by atoms with Crippen LogP contribution in [0.4, 0.5) is 0 Å². The van der Waals surface area contributed by atoms with Crippen LogP contribution in [0.2, 0.25) is 0 Å². The highest BCUT2D eigenvalue weighted by Crippen LogP contribution is 2.49. The van der Waals surface area contributed by atoms with Gasteiger partial charge in [0.25, 0.3) is 0 Å². The van der Waals surface area contributed by atoms with Crippen molar-refractivity contribution in [2.75, 3.05) is 0 Å². The fourth-order valence-corrected chi connectivity index (χ4v) is 4.29. The maximum absolute atomic E-state index is 12.6. The quantitative estimate of drug-likeness (QED) is 0.894. The Kier molecular flexibility index (Phi) is 3.78. The second kappa shape index (κ2) is 5.45. The van der Waals surface area contributed by atoms with Crippen molar-refractivity contribution >= 4 is 5.91 Å². The summed E-state index contributed by atoms with van der Waals surface area (Å²) in [4.78, 5) is 12.6. The minimum absolute atomic E-state index is 0.0658. The first-order valence-electron chi connectivity index (χ1n) is 8.14. The first kappa shape index (κ1) is 14.6. The highest BCUT2D eigenvalue weighted by atomic mass is 16.2. The number of hydrogen-bond acceptors (Lipinski definition) is 2. The summed E-state index contributed by atoms with van der Waals surface area (Å²) in [7, 11) is 0.